The molecule has 0 spiro atoms. The van der Waals surface area contributed by atoms with Gasteiger partial charge in [0.2, 0.25) is 5.91 Å². The lowest BCUT2D eigenvalue weighted by Gasteiger charge is -2.32. The summed E-state index contributed by atoms with van der Waals surface area (Å²) >= 11 is 0. The zero-order valence-electron chi connectivity index (χ0n) is 22.7. The zero-order valence-corrected chi connectivity index (χ0v) is 23.5. The molecular formula is C23H32F3N9O5S. The first-order valence-electron chi connectivity index (χ1n) is 13.0. The molecule has 0 bridgehead atoms. The van der Waals surface area contributed by atoms with Gasteiger partial charge in [-0.3, -0.25) is 19.9 Å². The van der Waals surface area contributed by atoms with Crippen LogP contribution in [-0.4, -0.2) is 89.1 Å². The Morgan fingerprint density at radius 3 is 2.49 bits per heavy atom. The van der Waals surface area contributed by atoms with Crippen LogP contribution < -0.4 is 20.3 Å². The van der Waals surface area contributed by atoms with Gasteiger partial charge < -0.3 is 19.5 Å². The number of ether oxygens (including phenoxy) is 1. The minimum Gasteiger partial charge on any atom is -0.459 e. The van der Waals surface area contributed by atoms with Crippen LogP contribution in [0.25, 0.3) is 11.2 Å². The lowest BCUT2D eigenvalue weighted by atomic mass is 9.96. The molecular weight excluding hydrogens is 571 g/mol. The number of aliphatic imine (C=N–C) groups is 1. The van der Waals surface area contributed by atoms with Crippen molar-refractivity contribution in [2.24, 2.45) is 10.9 Å². The molecule has 0 aromatic carbocycles. The maximum atomic E-state index is 13.1. The molecule has 14 nitrogen and oxygen atoms in total. The number of halogens is 3. The number of piperidine rings is 1. The van der Waals surface area contributed by atoms with Crippen LogP contribution >= 0.6 is 0 Å². The second kappa shape index (κ2) is 11.8. The molecule has 2 aromatic rings. The van der Waals surface area contributed by atoms with Gasteiger partial charge in [0.25, 0.3) is 0 Å². The van der Waals surface area contributed by atoms with Gasteiger partial charge in [0.15, 0.2) is 22.9 Å². The van der Waals surface area contributed by atoms with Crippen molar-refractivity contribution in [2.75, 3.05) is 31.1 Å². The van der Waals surface area contributed by atoms with E-state index in [4.69, 9.17) is 4.74 Å². The number of hydrogen-bond acceptors (Lipinski definition) is 11. The van der Waals surface area contributed by atoms with Crippen molar-refractivity contribution in [2.45, 2.75) is 63.7 Å². The number of nitrogens with zero attached hydrogens (tertiary/aromatic N) is 6. The molecule has 226 valence electrons. The van der Waals surface area contributed by atoms with Crippen molar-refractivity contribution in [3.05, 3.63) is 12.7 Å². The number of guanidine groups is 1. The van der Waals surface area contributed by atoms with E-state index in [9.17, 15) is 31.2 Å². The number of aromatic nitrogens is 4. The third-order valence-electron chi connectivity index (χ3n) is 6.36. The molecule has 1 fully saturated rings. The molecule has 18 heteroatoms. The summed E-state index contributed by atoms with van der Waals surface area (Å²) in [6, 6.07) is -1.92. The number of hydrogen-bond donors (Lipinski definition) is 3. The number of alkyl halides is 3. The summed E-state index contributed by atoms with van der Waals surface area (Å²) in [5, 5.41) is 5.88. The number of carbonyl (C=O) groups excluding carboxylic acids is 2. The van der Waals surface area contributed by atoms with E-state index in [0.717, 1.165) is 13.0 Å². The number of esters is 1. The van der Waals surface area contributed by atoms with Gasteiger partial charge in [-0.2, -0.15) is 17.9 Å². The summed E-state index contributed by atoms with van der Waals surface area (Å²) < 4.78 is 70.8. The fraction of sp³-hybridized carbons (Fsp3) is 0.652. The average Bonchev–Trinajstić information content (AvgIpc) is 3.30. The highest BCUT2D eigenvalue weighted by Crippen LogP contribution is 2.28. The van der Waals surface area contributed by atoms with Crippen molar-refractivity contribution in [3.63, 3.8) is 0 Å². The number of sulfonamides is 1. The van der Waals surface area contributed by atoms with Gasteiger partial charge in [-0.05, 0) is 40.0 Å². The minimum atomic E-state index is -5.87. The number of amides is 1. The molecule has 1 amide bonds. The molecule has 3 N–H and O–H groups in total. The third kappa shape index (κ3) is 7.41. The van der Waals surface area contributed by atoms with Crippen LogP contribution in [0.5, 0.6) is 0 Å². The quantitative estimate of drug-likeness (QED) is 0.382. The van der Waals surface area contributed by atoms with Crippen molar-refractivity contribution in [3.8, 4) is 0 Å². The van der Waals surface area contributed by atoms with Crippen LogP contribution in [0.1, 0.15) is 40.0 Å². The van der Waals surface area contributed by atoms with Crippen LogP contribution in [0.15, 0.2) is 17.6 Å². The van der Waals surface area contributed by atoms with Crippen LogP contribution in [0.4, 0.5) is 19.0 Å². The topological polar surface area (TPSA) is 173 Å². The smallest absolute Gasteiger partial charge is 0.459 e. The van der Waals surface area contributed by atoms with Gasteiger partial charge in [0.1, 0.15) is 18.0 Å². The normalized spacial score (nSPS) is 18.0. The van der Waals surface area contributed by atoms with E-state index in [2.05, 4.69) is 30.6 Å². The monoisotopic (exact) mass is 603 g/mol. The van der Waals surface area contributed by atoms with E-state index in [1.165, 1.54) is 42.7 Å². The Labute approximate surface area is 234 Å². The number of carbonyl (C=O) groups is 2. The predicted octanol–water partition coefficient (Wildman–Crippen LogP) is 0.658. The molecule has 0 unspecified atom stereocenters. The van der Waals surface area contributed by atoms with E-state index >= 15 is 0 Å². The first-order valence-corrected chi connectivity index (χ1v) is 14.4. The largest absolute Gasteiger partial charge is 0.511 e. The maximum absolute atomic E-state index is 13.1. The molecule has 4 heterocycles. The highest BCUT2D eigenvalue weighted by Gasteiger charge is 2.48. The third-order valence-corrected chi connectivity index (χ3v) is 7.56. The average molecular weight is 604 g/mol. The first-order chi connectivity index (χ1) is 19.1. The summed E-state index contributed by atoms with van der Waals surface area (Å²) in [7, 11) is -5.87. The number of nitrogens with one attached hydrogen (secondary N) is 3. The van der Waals surface area contributed by atoms with Crippen molar-refractivity contribution in [1.82, 2.24) is 34.9 Å². The van der Waals surface area contributed by atoms with Gasteiger partial charge >= 0.3 is 21.5 Å². The summed E-state index contributed by atoms with van der Waals surface area (Å²) in [6.07, 6.45) is 4.45. The molecule has 0 saturated carbocycles. The maximum Gasteiger partial charge on any atom is 0.511 e. The Hall–Kier alpha value is -3.54. The Kier molecular flexibility index (Phi) is 8.72. The van der Waals surface area contributed by atoms with E-state index in [0.29, 0.717) is 49.8 Å². The Morgan fingerprint density at radius 1 is 1.17 bits per heavy atom. The Balaban J connectivity index is 1.50. The van der Waals surface area contributed by atoms with Gasteiger partial charge in [-0.1, -0.05) is 0 Å². The van der Waals surface area contributed by atoms with Gasteiger partial charge in [0.05, 0.1) is 12.9 Å². The summed E-state index contributed by atoms with van der Waals surface area (Å²) in [6.45, 7) is 6.29. The summed E-state index contributed by atoms with van der Waals surface area (Å²) in [5.41, 5.74) is -6.24. The lowest BCUT2D eigenvalue weighted by Crippen LogP contribution is -2.50. The summed E-state index contributed by atoms with van der Waals surface area (Å²) in [4.78, 5) is 44.4. The van der Waals surface area contributed by atoms with Gasteiger partial charge in [-0.15, -0.1) is 0 Å². The molecule has 1 atom stereocenters. The molecule has 2 aromatic heterocycles. The second-order valence-electron chi connectivity index (χ2n) is 10.7. The van der Waals surface area contributed by atoms with Crippen molar-refractivity contribution < 1.29 is 35.9 Å². The molecule has 4 rings (SSSR count). The molecule has 41 heavy (non-hydrogen) atoms. The Bertz CT molecular complexity index is 1410. The van der Waals surface area contributed by atoms with Crippen LogP contribution in [0, 0.1) is 5.92 Å². The predicted molar refractivity (Wildman–Crippen MR) is 141 cm³/mol. The van der Waals surface area contributed by atoms with Crippen molar-refractivity contribution in [1.29, 1.82) is 0 Å². The molecule has 1 saturated heterocycles. The van der Waals surface area contributed by atoms with Crippen LogP contribution in [0.3, 0.4) is 0 Å². The fourth-order valence-electron chi connectivity index (χ4n) is 4.41. The van der Waals surface area contributed by atoms with Crippen LogP contribution in [0.2, 0.25) is 0 Å². The number of rotatable bonds is 7. The first kappa shape index (κ1) is 30.4. The van der Waals surface area contributed by atoms with E-state index < -0.39 is 39.7 Å². The molecule has 2 aliphatic rings. The zero-order chi connectivity index (χ0) is 30.0. The highest BCUT2D eigenvalue weighted by molar-refractivity contribution is 7.90. The number of anilines is 1. The van der Waals surface area contributed by atoms with E-state index in [-0.39, 0.29) is 17.5 Å². The van der Waals surface area contributed by atoms with Crippen LogP contribution in [-0.2, 0) is 30.9 Å². The standard InChI is InChI=1S/C23H32F3N9O5S/c1-22(2,3)40-20(37)15(33-41(38,39)23(24,25)26)11-35-13-31-16-17(29-12-30-18(16)35)34-9-5-14(6-10-34)19(36)32-21-27-7-4-8-28-21/h12-15,33H,4-11H2,1-3H3,(H2,27,28,32,36)/t15-/m0/s1. The Morgan fingerprint density at radius 2 is 1.88 bits per heavy atom. The van der Waals surface area contributed by atoms with Gasteiger partial charge in [0, 0.05) is 32.1 Å². The molecule has 2 aliphatic heterocycles. The lowest BCUT2D eigenvalue weighted by molar-refractivity contribution is -0.157. The van der Waals surface area contributed by atoms with E-state index in [1.807, 2.05) is 4.90 Å². The number of fused-ring (bicyclic) bond motifs is 1. The van der Waals surface area contributed by atoms with Crippen molar-refractivity contribution >= 4 is 44.8 Å². The fourth-order valence-corrected chi connectivity index (χ4v) is 5.08. The number of imidazole rings is 1. The second-order valence-corrected chi connectivity index (χ2v) is 12.4. The molecule has 0 radical (unpaired) electrons. The van der Waals surface area contributed by atoms with E-state index in [1.54, 1.807) is 0 Å². The summed E-state index contributed by atoms with van der Waals surface area (Å²) in [5.74, 6) is -0.631. The van der Waals surface area contributed by atoms with Gasteiger partial charge in [-0.25, -0.2) is 23.4 Å². The minimum absolute atomic E-state index is 0.121. The highest BCUT2D eigenvalue weighted by atomic mass is 32.2. The SMILES string of the molecule is CC(C)(C)OC(=O)[C@H](Cn1cnc2c(N3CCC(C(=O)NC4=NCCCN4)CC3)ncnc21)NS(=O)(=O)C(F)(F)F. The molecule has 0 aliphatic carbocycles.